The number of nitrogens with two attached hydrogens (primary N) is 1. The van der Waals surface area contributed by atoms with Gasteiger partial charge in [-0.2, -0.15) is 4.98 Å². The molecule has 2 aromatic heterocycles. The molecule has 0 aliphatic heterocycles. The van der Waals surface area contributed by atoms with Crippen LogP contribution in [0, 0.1) is 15.9 Å². The van der Waals surface area contributed by atoms with Crippen molar-refractivity contribution >= 4 is 33.2 Å². The Morgan fingerprint density at radius 1 is 1.33 bits per heavy atom. The number of hydrogen-bond acceptors (Lipinski definition) is 7. The Morgan fingerprint density at radius 3 is 2.90 bits per heavy atom. The molecule has 0 aliphatic rings. The lowest BCUT2D eigenvalue weighted by Crippen LogP contribution is -2.00. The van der Waals surface area contributed by atoms with E-state index in [-0.39, 0.29) is 11.8 Å². The molecule has 0 radical (unpaired) electrons. The molecule has 0 bridgehead atoms. The Bertz CT molecular complexity index is 852. The van der Waals surface area contributed by atoms with Gasteiger partial charge >= 0.3 is 5.69 Å². The van der Waals surface area contributed by atoms with E-state index in [0.717, 1.165) is 12.1 Å². The van der Waals surface area contributed by atoms with Crippen LogP contribution in [0.4, 0.5) is 16.0 Å². The number of aromatic nitrogens is 2. The minimum absolute atomic E-state index is 0.0213. The summed E-state index contributed by atoms with van der Waals surface area (Å²) < 4.78 is 19.1. The van der Waals surface area contributed by atoms with Crippen molar-refractivity contribution in [2.45, 2.75) is 0 Å². The van der Waals surface area contributed by atoms with E-state index in [0.29, 0.717) is 10.2 Å². The lowest BCUT2D eigenvalue weighted by Gasteiger charge is -2.07. The molecule has 2 heterocycles. The third-order valence-electron chi connectivity index (χ3n) is 2.65. The Hall–Kier alpha value is -2.81. The Morgan fingerprint density at radius 2 is 2.14 bits per heavy atom. The van der Waals surface area contributed by atoms with Crippen LogP contribution in [0.1, 0.15) is 0 Å². The van der Waals surface area contributed by atoms with Crippen LogP contribution in [-0.4, -0.2) is 14.9 Å². The molecule has 3 aromatic rings. The number of para-hydroxylation sites is 1. The second-order valence-corrected chi connectivity index (χ2v) is 4.87. The monoisotopic (exact) mass is 306 g/mol. The second kappa shape index (κ2) is 4.94. The number of rotatable bonds is 3. The van der Waals surface area contributed by atoms with E-state index >= 15 is 0 Å². The number of nitrogens with zero attached hydrogens (tertiary/aromatic N) is 3. The highest BCUT2D eigenvalue weighted by atomic mass is 32.1. The molecule has 9 heteroatoms. The normalized spacial score (nSPS) is 10.7. The van der Waals surface area contributed by atoms with Crippen LogP contribution in [0.2, 0.25) is 0 Å². The van der Waals surface area contributed by atoms with Crippen LogP contribution in [0.25, 0.3) is 10.2 Å². The Kier molecular flexibility index (Phi) is 3.10. The Labute approximate surface area is 121 Å². The maximum absolute atomic E-state index is 13.8. The van der Waals surface area contributed by atoms with Gasteiger partial charge in [-0.05, 0) is 17.5 Å². The number of ether oxygens (including phenoxy) is 1. The summed E-state index contributed by atoms with van der Waals surface area (Å²) in [6, 6.07) is 5.11. The first-order chi connectivity index (χ1) is 10.1. The summed E-state index contributed by atoms with van der Waals surface area (Å²) in [4.78, 5) is 18.6. The van der Waals surface area contributed by atoms with Crippen LogP contribution in [0.15, 0.2) is 29.6 Å². The van der Waals surface area contributed by atoms with Crippen LogP contribution in [0.5, 0.6) is 11.6 Å². The average molecular weight is 306 g/mol. The molecule has 0 fully saturated rings. The van der Waals surface area contributed by atoms with Gasteiger partial charge in [0.1, 0.15) is 4.83 Å². The number of benzene rings is 1. The predicted molar refractivity (Wildman–Crippen MR) is 75.0 cm³/mol. The van der Waals surface area contributed by atoms with Gasteiger partial charge in [0.25, 0.3) is 0 Å². The fraction of sp³-hybridized carbons (Fsp3) is 0. The van der Waals surface area contributed by atoms with Crippen molar-refractivity contribution in [2.75, 3.05) is 5.73 Å². The summed E-state index contributed by atoms with van der Waals surface area (Å²) in [5, 5.41) is 13.2. The first-order valence-corrected chi connectivity index (χ1v) is 6.55. The van der Waals surface area contributed by atoms with Crippen molar-refractivity contribution in [3.8, 4) is 11.6 Å². The van der Waals surface area contributed by atoms with E-state index in [1.54, 1.807) is 11.4 Å². The van der Waals surface area contributed by atoms with Gasteiger partial charge in [0.05, 0.1) is 10.3 Å². The van der Waals surface area contributed by atoms with Crippen molar-refractivity contribution in [3.63, 3.8) is 0 Å². The van der Waals surface area contributed by atoms with Crippen LogP contribution in [-0.2, 0) is 0 Å². The number of halogens is 1. The van der Waals surface area contributed by atoms with E-state index in [4.69, 9.17) is 10.5 Å². The Balaban J connectivity index is 2.15. The molecule has 0 saturated carbocycles. The molecule has 0 saturated heterocycles. The molecule has 0 aliphatic carbocycles. The van der Waals surface area contributed by atoms with Crippen molar-refractivity contribution < 1.29 is 14.1 Å². The fourth-order valence-electron chi connectivity index (χ4n) is 1.76. The fourth-order valence-corrected chi connectivity index (χ4v) is 2.52. The number of nitrogen functional groups attached to an aromatic ring is 1. The molecule has 1 aromatic carbocycles. The number of hydrogen-bond donors (Lipinski definition) is 1. The van der Waals surface area contributed by atoms with Crippen LogP contribution < -0.4 is 10.5 Å². The number of nitro benzene ring substituents is 1. The highest BCUT2D eigenvalue weighted by Gasteiger charge is 2.22. The summed E-state index contributed by atoms with van der Waals surface area (Å²) in [7, 11) is 0. The van der Waals surface area contributed by atoms with Crippen molar-refractivity contribution in [3.05, 3.63) is 45.6 Å². The summed E-state index contributed by atoms with van der Waals surface area (Å²) >= 11 is 1.30. The topological polar surface area (TPSA) is 104 Å². The summed E-state index contributed by atoms with van der Waals surface area (Å²) in [6.07, 6.45) is 0. The summed E-state index contributed by atoms with van der Waals surface area (Å²) in [5.41, 5.74) is 5.06. The molecule has 0 amide bonds. The van der Waals surface area contributed by atoms with Gasteiger partial charge in [0.2, 0.25) is 17.6 Å². The molecule has 0 atom stereocenters. The van der Waals surface area contributed by atoms with E-state index in [1.807, 2.05) is 0 Å². The molecule has 7 nitrogen and oxygen atoms in total. The van der Waals surface area contributed by atoms with Gasteiger partial charge in [0.15, 0.2) is 5.82 Å². The molecule has 0 spiro atoms. The summed E-state index contributed by atoms with van der Waals surface area (Å²) in [5.74, 6) is -1.44. The van der Waals surface area contributed by atoms with Crippen LogP contribution >= 0.6 is 11.3 Å². The van der Waals surface area contributed by atoms with Gasteiger partial charge in [0, 0.05) is 6.07 Å². The minimum Gasteiger partial charge on any atom is -0.428 e. The first kappa shape index (κ1) is 13.2. The number of thiophene rings is 1. The standard InChI is InChI=1S/C12H7FN4O3S/c13-7-2-1-3-8(17(18)19)9(7)20-10-6-4-5-21-11(6)16-12(14)15-10/h1-5H,(H2,14,15,16). The van der Waals surface area contributed by atoms with E-state index in [2.05, 4.69) is 9.97 Å². The third-order valence-corrected chi connectivity index (χ3v) is 3.46. The maximum atomic E-state index is 13.8. The van der Waals surface area contributed by atoms with Crippen molar-refractivity contribution in [1.82, 2.24) is 9.97 Å². The lowest BCUT2D eigenvalue weighted by atomic mass is 10.3. The maximum Gasteiger partial charge on any atom is 0.314 e. The zero-order valence-electron chi connectivity index (χ0n) is 10.3. The SMILES string of the molecule is Nc1nc(Oc2c(F)cccc2[N+](=O)[O-])c2ccsc2n1. The molecular formula is C12H7FN4O3S. The molecule has 0 unspecified atom stereocenters. The molecule has 21 heavy (non-hydrogen) atoms. The average Bonchev–Trinajstić information content (AvgIpc) is 2.88. The number of nitro groups is 1. The van der Waals surface area contributed by atoms with Gasteiger partial charge in [-0.25, -0.2) is 9.37 Å². The van der Waals surface area contributed by atoms with E-state index < -0.39 is 22.2 Å². The zero-order valence-corrected chi connectivity index (χ0v) is 11.1. The van der Waals surface area contributed by atoms with Crippen LogP contribution in [0.3, 0.4) is 0 Å². The summed E-state index contributed by atoms with van der Waals surface area (Å²) in [6.45, 7) is 0. The smallest absolute Gasteiger partial charge is 0.314 e. The van der Waals surface area contributed by atoms with E-state index in [9.17, 15) is 14.5 Å². The number of fused-ring (bicyclic) bond motifs is 1. The largest absolute Gasteiger partial charge is 0.428 e. The molecular weight excluding hydrogens is 299 g/mol. The molecule has 3 rings (SSSR count). The minimum atomic E-state index is -0.857. The van der Waals surface area contributed by atoms with Gasteiger partial charge < -0.3 is 10.5 Å². The van der Waals surface area contributed by atoms with Crippen molar-refractivity contribution in [2.24, 2.45) is 0 Å². The lowest BCUT2D eigenvalue weighted by molar-refractivity contribution is -0.385. The first-order valence-electron chi connectivity index (χ1n) is 5.67. The second-order valence-electron chi connectivity index (χ2n) is 3.97. The molecule has 2 N–H and O–H groups in total. The quantitative estimate of drug-likeness (QED) is 0.589. The van der Waals surface area contributed by atoms with E-state index in [1.165, 1.54) is 17.4 Å². The third kappa shape index (κ3) is 2.34. The van der Waals surface area contributed by atoms with Gasteiger partial charge in [-0.15, -0.1) is 11.3 Å². The molecule has 106 valence electrons. The van der Waals surface area contributed by atoms with Gasteiger partial charge in [-0.3, -0.25) is 10.1 Å². The number of anilines is 1. The highest BCUT2D eigenvalue weighted by Crippen LogP contribution is 2.36. The zero-order chi connectivity index (χ0) is 15.0. The van der Waals surface area contributed by atoms with Crippen molar-refractivity contribution in [1.29, 1.82) is 0 Å². The highest BCUT2D eigenvalue weighted by molar-refractivity contribution is 7.16. The predicted octanol–water partition coefficient (Wildman–Crippen LogP) is 3.11. The van der Waals surface area contributed by atoms with Gasteiger partial charge in [-0.1, -0.05) is 6.07 Å².